The average molecular weight is 477 g/mol. The topological polar surface area (TPSA) is 106 Å². The Labute approximate surface area is 207 Å². The lowest BCUT2D eigenvalue weighted by atomic mass is 10.1. The summed E-state index contributed by atoms with van der Waals surface area (Å²) in [5, 5.41) is 10.9. The van der Waals surface area contributed by atoms with Crippen molar-refractivity contribution < 1.29 is 4.79 Å². The van der Waals surface area contributed by atoms with Crippen molar-refractivity contribution in [2.24, 2.45) is 0 Å². The predicted octanol–water partition coefficient (Wildman–Crippen LogP) is 4.75. The lowest BCUT2D eigenvalue weighted by molar-refractivity contribution is -0.116. The third kappa shape index (κ3) is 4.29. The van der Waals surface area contributed by atoms with Crippen LogP contribution in [0.4, 0.5) is 5.69 Å². The van der Waals surface area contributed by atoms with Crippen molar-refractivity contribution in [3.63, 3.8) is 0 Å². The maximum Gasteiger partial charge on any atom is 0.261 e. The van der Waals surface area contributed by atoms with Crippen LogP contribution < -0.4 is 10.9 Å². The van der Waals surface area contributed by atoms with Crippen molar-refractivity contribution in [2.75, 3.05) is 5.32 Å². The van der Waals surface area contributed by atoms with E-state index >= 15 is 0 Å². The molecule has 178 valence electrons. The molecule has 0 atom stereocenters. The summed E-state index contributed by atoms with van der Waals surface area (Å²) < 4.78 is 1.78. The monoisotopic (exact) mass is 476 g/mol. The molecule has 2 aromatic heterocycles. The van der Waals surface area contributed by atoms with Gasteiger partial charge in [-0.25, -0.2) is 9.97 Å². The van der Waals surface area contributed by atoms with E-state index in [9.17, 15) is 9.59 Å². The number of nitrogens with zero attached hydrogens (tertiary/aromatic N) is 4. The van der Waals surface area contributed by atoms with Crippen LogP contribution in [-0.2, 0) is 11.2 Å². The van der Waals surface area contributed by atoms with Gasteiger partial charge in [-0.2, -0.15) is 5.10 Å². The van der Waals surface area contributed by atoms with E-state index in [2.05, 4.69) is 20.5 Å². The Hall–Kier alpha value is -4.59. The number of aryl methyl sites for hydroxylation is 1. The van der Waals surface area contributed by atoms with Gasteiger partial charge in [0, 0.05) is 30.0 Å². The molecule has 8 heteroatoms. The third-order valence-corrected chi connectivity index (χ3v) is 6.34. The van der Waals surface area contributed by atoms with Crippen LogP contribution in [-0.4, -0.2) is 30.6 Å². The normalized spacial score (nSPS) is 13.1. The second kappa shape index (κ2) is 9.22. The van der Waals surface area contributed by atoms with Crippen molar-refractivity contribution in [1.82, 2.24) is 24.7 Å². The fourth-order valence-electron chi connectivity index (χ4n) is 4.41. The molecule has 5 aromatic rings. The Bertz CT molecular complexity index is 1620. The van der Waals surface area contributed by atoms with Gasteiger partial charge in [-0.15, -0.1) is 0 Å². The molecule has 0 unspecified atom stereocenters. The fraction of sp³-hybridized carbons (Fsp3) is 0.179. The molecule has 8 nitrogen and oxygen atoms in total. The average Bonchev–Trinajstić information content (AvgIpc) is 3.63. The summed E-state index contributed by atoms with van der Waals surface area (Å²) in [7, 11) is 0. The molecule has 2 N–H and O–H groups in total. The van der Waals surface area contributed by atoms with Gasteiger partial charge in [0.2, 0.25) is 5.91 Å². The zero-order valence-corrected chi connectivity index (χ0v) is 19.5. The summed E-state index contributed by atoms with van der Waals surface area (Å²) >= 11 is 0. The molecular weight excluding hydrogens is 452 g/mol. The predicted molar refractivity (Wildman–Crippen MR) is 138 cm³/mol. The van der Waals surface area contributed by atoms with E-state index < -0.39 is 0 Å². The molecule has 6 rings (SSSR count). The van der Waals surface area contributed by atoms with Gasteiger partial charge in [0.15, 0.2) is 11.6 Å². The summed E-state index contributed by atoms with van der Waals surface area (Å²) in [5.41, 5.74) is 2.94. The molecule has 0 radical (unpaired) electrons. The number of fused-ring (bicyclic) bond motifs is 1. The Morgan fingerprint density at radius 2 is 1.69 bits per heavy atom. The number of aromatic amines is 1. The molecule has 2 heterocycles. The minimum absolute atomic E-state index is 0.0246. The van der Waals surface area contributed by atoms with Crippen LogP contribution >= 0.6 is 0 Å². The fourth-order valence-corrected chi connectivity index (χ4v) is 4.41. The van der Waals surface area contributed by atoms with E-state index in [0.717, 1.165) is 24.0 Å². The summed E-state index contributed by atoms with van der Waals surface area (Å²) in [5.74, 6) is 1.66. The minimum Gasteiger partial charge on any atom is -0.325 e. The highest BCUT2D eigenvalue weighted by molar-refractivity contribution is 5.94. The van der Waals surface area contributed by atoms with Crippen molar-refractivity contribution in [2.45, 2.75) is 31.7 Å². The van der Waals surface area contributed by atoms with E-state index in [1.54, 1.807) is 4.57 Å². The number of carbonyl (C=O) groups is 1. The molecular formula is C28H24N6O2. The molecule has 0 spiro atoms. The minimum atomic E-state index is -0.157. The summed E-state index contributed by atoms with van der Waals surface area (Å²) in [4.78, 5) is 35.4. The first-order valence-corrected chi connectivity index (χ1v) is 12.0. The first kappa shape index (κ1) is 21.9. The van der Waals surface area contributed by atoms with Gasteiger partial charge in [-0.05, 0) is 37.1 Å². The first-order valence-electron chi connectivity index (χ1n) is 12.0. The molecule has 1 aliphatic rings. The highest BCUT2D eigenvalue weighted by Gasteiger charge is 2.28. The summed E-state index contributed by atoms with van der Waals surface area (Å²) in [6.07, 6.45) is 2.52. The highest BCUT2D eigenvalue weighted by Crippen LogP contribution is 2.35. The Balaban J connectivity index is 1.21. The second-order valence-corrected chi connectivity index (χ2v) is 8.92. The van der Waals surface area contributed by atoms with Crippen LogP contribution in [0.2, 0.25) is 0 Å². The van der Waals surface area contributed by atoms with Crippen molar-refractivity contribution in [1.29, 1.82) is 0 Å². The quantitative estimate of drug-likeness (QED) is 0.353. The summed E-state index contributed by atoms with van der Waals surface area (Å²) in [6.45, 7) is 0. The Kier molecular flexibility index (Phi) is 5.61. The van der Waals surface area contributed by atoms with Crippen LogP contribution in [0, 0.1) is 0 Å². The Morgan fingerprint density at radius 3 is 2.53 bits per heavy atom. The number of nitrogens with one attached hydrogen (secondary N) is 2. The third-order valence-electron chi connectivity index (χ3n) is 6.34. The largest absolute Gasteiger partial charge is 0.325 e. The molecule has 1 amide bonds. The van der Waals surface area contributed by atoms with Crippen LogP contribution in [0.3, 0.4) is 0 Å². The van der Waals surface area contributed by atoms with Crippen molar-refractivity contribution in [3.05, 3.63) is 95.0 Å². The number of amides is 1. The van der Waals surface area contributed by atoms with Gasteiger partial charge < -0.3 is 5.32 Å². The SMILES string of the molecule is O=C(CCc1nc2ccccc2c(=O)n1C1CC1)Nc1ccccc1-c1nc(-c2ccccc2)n[nH]1. The number of H-pyrrole nitrogens is 1. The van der Waals surface area contributed by atoms with Gasteiger partial charge in [0.05, 0.1) is 16.6 Å². The number of anilines is 1. The number of para-hydroxylation sites is 2. The van der Waals surface area contributed by atoms with Gasteiger partial charge in [0.1, 0.15) is 5.82 Å². The van der Waals surface area contributed by atoms with Gasteiger partial charge in [0.25, 0.3) is 5.56 Å². The van der Waals surface area contributed by atoms with Crippen molar-refractivity contribution >= 4 is 22.5 Å². The van der Waals surface area contributed by atoms with Crippen LogP contribution in [0.1, 0.15) is 31.1 Å². The summed E-state index contributed by atoms with van der Waals surface area (Å²) in [6, 6.07) is 24.8. The molecule has 0 bridgehead atoms. The molecule has 0 aliphatic heterocycles. The zero-order chi connectivity index (χ0) is 24.5. The van der Waals surface area contributed by atoms with E-state index in [0.29, 0.717) is 40.5 Å². The number of carbonyl (C=O) groups excluding carboxylic acids is 1. The van der Waals surface area contributed by atoms with Crippen molar-refractivity contribution in [3.8, 4) is 22.8 Å². The van der Waals surface area contributed by atoms with Crippen LogP contribution in [0.5, 0.6) is 0 Å². The molecule has 0 saturated heterocycles. The number of aromatic nitrogens is 5. The Morgan fingerprint density at radius 1 is 0.944 bits per heavy atom. The zero-order valence-electron chi connectivity index (χ0n) is 19.5. The lowest BCUT2D eigenvalue weighted by Crippen LogP contribution is -2.25. The standard InChI is InChI=1S/C28H24N6O2/c35-25(17-16-24-29-23-13-7-5-11-21(23)28(36)34(24)19-14-15-19)30-22-12-6-4-10-20(22)27-31-26(32-33-27)18-8-2-1-3-9-18/h1-13,19H,14-17H2,(H,30,35)(H,31,32,33). The molecule has 1 fully saturated rings. The maximum atomic E-state index is 13.1. The second-order valence-electron chi connectivity index (χ2n) is 8.92. The molecule has 1 saturated carbocycles. The smallest absolute Gasteiger partial charge is 0.261 e. The van der Waals surface area contributed by atoms with Crippen LogP contribution in [0.25, 0.3) is 33.7 Å². The van der Waals surface area contributed by atoms with Gasteiger partial charge >= 0.3 is 0 Å². The number of hydrogen-bond acceptors (Lipinski definition) is 5. The van der Waals surface area contributed by atoms with E-state index in [1.807, 2.05) is 78.9 Å². The first-order chi connectivity index (χ1) is 17.7. The van der Waals surface area contributed by atoms with E-state index in [4.69, 9.17) is 4.98 Å². The molecule has 3 aromatic carbocycles. The lowest BCUT2D eigenvalue weighted by Gasteiger charge is -2.13. The van der Waals surface area contributed by atoms with Gasteiger partial charge in [-0.3, -0.25) is 19.3 Å². The maximum absolute atomic E-state index is 13.1. The van der Waals surface area contributed by atoms with Crippen LogP contribution in [0.15, 0.2) is 83.7 Å². The van der Waals surface area contributed by atoms with Gasteiger partial charge in [-0.1, -0.05) is 54.6 Å². The van der Waals surface area contributed by atoms with E-state index in [1.165, 1.54) is 0 Å². The number of benzene rings is 3. The number of hydrogen-bond donors (Lipinski definition) is 2. The van der Waals surface area contributed by atoms with E-state index in [-0.39, 0.29) is 23.9 Å². The molecule has 1 aliphatic carbocycles. The highest BCUT2D eigenvalue weighted by atomic mass is 16.1. The number of rotatable bonds is 7. The molecule has 36 heavy (non-hydrogen) atoms.